The van der Waals surface area contributed by atoms with Crippen LogP contribution in [0.1, 0.15) is 42.0 Å². The summed E-state index contributed by atoms with van der Waals surface area (Å²) in [4.78, 5) is 58.9. The van der Waals surface area contributed by atoms with Gasteiger partial charge in [0.15, 0.2) is 0 Å². The molecule has 2 aromatic heterocycles. The predicted molar refractivity (Wildman–Crippen MR) is 126 cm³/mol. The molecule has 0 radical (unpaired) electrons. The smallest absolute Gasteiger partial charge is 0.343 e. The number of pyridine rings is 2. The number of carbonyl (C=O) groups excluding carboxylic acids is 3. The summed E-state index contributed by atoms with van der Waals surface area (Å²) in [7, 11) is 1.27. The fraction of sp³-hybridized carbons (Fsp3) is 0.480. The van der Waals surface area contributed by atoms with Crippen LogP contribution in [0, 0.1) is 5.92 Å². The van der Waals surface area contributed by atoms with E-state index in [4.69, 9.17) is 9.47 Å². The number of likely N-dealkylation sites (tertiary alicyclic amines) is 1. The molecule has 4 rings (SSSR count). The summed E-state index contributed by atoms with van der Waals surface area (Å²) >= 11 is 0. The topological polar surface area (TPSA) is 111 Å². The van der Waals surface area contributed by atoms with Crippen LogP contribution in [0.5, 0.6) is 5.75 Å². The maximum Gasteiger partial charge on any atom is 0.343 e. The van der Waals surface area contributed by atoms with E-state index in [9.17, 15) is 19.2 Å². The van der Waals surface area contributed by atoms with Crippen molar-refractivity contribution in [3.63, 3.8) is 0 Å². The Morgan fingerprint density at radius 2 is 1.97 bits per heavy atom. The van der Waals surface area contributed by atoms with Crippen LogP contribution in [0.3, 0.4) is 0 Å². The minimum absolute atomic E-state index is 0.0182. The number of methoxy groups -OCH3 is 1. The van der Waals surface area contributed by atoms with E-state index in [-0.39, 0.29) is 60.7 Å². The first-order valence-corrected chi connectivity index (χ1v) is 11.8. The lowest BCUT2D eigenvalue weighted by Crippen LogP contribution is -2.40. The van der Waals surface area contributed by atoms with Crippen LogP contribution in [0.2, 0.25) is 0 Å². The molecule has 0 aliphatic carbocycles. The molecule has 1 atom stereocenters. The lowest BCUT2D eigenvalue weighted by molar-refractivity contribution is -0.135. The van der Waals surface area contributed by atoms with Crippen molar-refractivity contribution in [3.05, 3.63) is 57.8 Å². The third kappa shape index (κ3) is 5.06. The molecule has 0 N–H and O–H groups in total. The average Bonchev–Trinajstić information content (AvgIpc) is 3.11. The van der Waals surface area contributed by atoms with Crippen molar-refractivity contribution < 1.29 is 23.9 Å². The molecule has 10 nitrogen and oxygen atoms in total. The molecule has 2 amide bonds. The molecule has 1 fully saturated rings. The molecule has 0 unspecified atom stereocenters. The van der Waals surface area contributed by atoms with Crippen molar-refractivity contribution in [1.82, 2.24) is 19.4 Å². The summed E-state index contributed by atoms with van der Waals surface area (Å²) in [6, 6.07) is 6.72. The third-order valence-electron chi connectivity index (χ3n) is 6.53. The monoisotopic (exact) mass is 482 g/mol. The van der Waals surface area contributed by atoms with Crippen LogP contribution in [-0.4, -0.2) is 69.9 Å². The van der Waals surface area contributed by atoms with Crippen LogP contribution >= 0.6 is 0 Å². The van der Waals surface area contributed by atoms with Gasteiger partial charge in [-0.15, -0.1) is 0 Å². The number of fused-ring (bicyclic) bond motifs is 1. The first kappa shape index (κ1) is 24.4. The van der Waals surface area contributed by atoms with E-state index in [2.05, 4.69) is 4.98 Å². The number of hydrogen-bond donors (Lipinski definition) is 0. The summed E-state index contributed by atoms with van der Waals surface area (Å²) in [5, 5.41) is 0. The van der Waals surface area contributed by atoms with Crippen molar-refractivity contribution >= 4 is 17.8 Å². The minimum Gasteiger partial charge on any atom is -0.486 e. The highest BCUT2D eigenvalue weighted by Crippen LogP contribution is 2.27. The lowest BCUT2D eigenvalue weighted by Gasteiger charge is -2.24. The van der Waals surface area contributed by atoms with Gasteiger partial charge in [0.05, 0.1) is 18.7 Å². The minimum atomic E-state index is -0.612. The van der Waals surface area contributed by atoms with Crippen molar-refractivity contribution in [2.75, 3.05) is 26.7 Å². The largest absolute Gasteiger partial charge is 0.486 e. The van der Waals surface area contributed by atoms with E-state index in [1.807, 2.05) is 19.9 Å². The van der Waals surface area contributed by atoms with Gasteiger partial charge in [0.25, 0.3) is 5.56 Å². The second kappa shape index (κ2) is 10.3. The Morgan fingerprint density at radius 3 is 2.63 bits per heavy atom. The molecule has 186 valence electrons. The van der Waals surface area contributed by atoms with E-state index >= 15 is 0 Å². The van der Waals surface area contributed by atoms with E-state index in [0.717, 1.165) is 0 Å². The molecule has 2 aliphatic heterocycles. The fourth-order valence-electron chi connectivity index (χ4n) is 4.70. The van der Waals surface area contributed by atoms with Crippen LogP contribution in [-0.2, 0) is 33.9 Å². The first-order chi connectivity index (χ1) is 16.8. The Kier molecular flexibility index (Phi) is 7.18. The average molecular weight is 483 g/mol. The molecule has 2 aromatic rings. The maximum atomic E-state index is 13.2. The SMILES string of the molecule is COC(=O)c1c(OCc2ccccn2)cc(=O)n2c1CCN(C(=O)[C@H]1CC(=O)N(C(C)C)C1)CC2. The van der Waals surface area contributed by atoms with Crippen molar-refractivity contribution in [2.45, 2.75) is 45.9 Å². The highest BCUT2D eigenvalue weighted by atomic mass is 16.5. The number of ether oxygens (including phenoxy) is 2. The Balaban J connectivity index is 1.57. The Hall–Kier alpha value is -3.69. The van der Waals surface area contributed by atoms with Gasteiger partial charge in [0.2, 0.25) is 11.8 Å². The van der Waals surface area contributed by atoms with Crippen molar-refractivity contribution in [1.29, 1.82) is 0 Å². The number of nitrogens with zero attached hydrogens (tertiary/aromatic N) is 4. The molecule has 0 bridgehead atoms. The predicted octanol–water partition coefficient (Wildman–Crippen LogP) is 1.25. The Morgan fingerprint density at radius 1 is 1.17 bits per heavy atom. The highest BCUT2D eigenvalue weighted by molar-refractivity contribution is 5.94. The van der Waals surface area contributed by atoms with Crippen molar-refractivity contribution in [2.24, 2.45) is 5.92 Å². The van der Waals surface area contributed by atoms with E-state index in [1.54, 1.807) is 28.1 Å². The number of carbonyl (C=O) groups is 3. The molecule has 0 saturated carbocycles. The lowest BCUT2D eigenvalue weighted by atomic mass is 10.1. The number of esters is 1. The van der Waals surface area contributed by atoms with E-state index in [1.165, 1.54) is 17.7 Å². The number of amides is 2. The van der Waals surface area contributed by atoms with Crippen LogP contribution in [0.4, 0.5) is 0 Å². The summed E-state index contributed by atoms with van der Waals surface area (Å²) in [5.41, 5.74) is 0.984. The second-order valence-electron chi connectivity index (χ2n) is 9.04. The third-order valence-corrected chi connectivity index (χ3v) is 6.53. The summed E-state index contributed by atoms with van der Waals surface area (Å²) in [6.45, 7) is 5.21. The van der Waals surface area contributed by atoms with Crippen LogP contribution in [0.15, 0.2) is 35.3 Å². The van der Waals surface area contributed by atoms with E-state index < -0.39 is 11.9 Å². The first-order valence-electron chi connectivity index (χ1n) is 11.8. The zero-order valence-corrected chi connectivity index (χ0v) is 20.2. The zero-order chi connectivity index (χ0) is 25.1. The van der Waals surface area contributed by atoms with Crippen LogP contribution < -0.4 is 10.3 Å². The molecule has 1 saturated heterocycles. The van der Waals surface area contributed by atoms with Gasteiger partial charge >= 0.3 is 5.97 Å². The summed E-state index contributed by atoms with van der Waals surface area (Å²) < 4.78 is 12.3. The highest BCUT2D eigenvalue weighted by Gasteiger charge is 2.38. The Bertz CT molecular complexity index is 1180. The van der Waals surface area contributed by atoms with Gasteiger partial charge in [0, 0.05) is 63.0 Å². The van der Waals surface area contributed by atoms with Gasteiger partial charge < -0.3 is 23.8 Å². The summed E-state index contributed by atoms with van der Waals surface area (Å²) in [6.07, 6.45) is 2.11. The molecule has 2 aliphatic rings. The molecule has 35 heavy (non-hydrogen) atoms. The summed E-state index contributed by atoms with van der Waals surface area (Å²) in [5.74, 6) is -1.00. The standard InChI is InChI=1S/C25H30N4O6/c1-16(2)29-14-17(12-21(29)30)24(32)27-9-7-19-23(25(33)34-3)20(13-22(31)28(19)11-10-27)35-15-18-6-4-5-8-26-18/h4-6,8,13,16-17H,7,9-12,14-15H2,1-3H3/t17-/m0/s1. The molecule has 0 aromatic carbocycles. The number of rotatable bonds is 6. The molecule has 10 heteroatoms. The fourth-order valence-corrected chi connectivity index (χ4v) is 4.70. The Labute approximate surface area is 203 Å². The van der Waals surface area contributed by atoms with Gasteiger partial charge in [-0.1, -0.05) is 6.07 Å². The molecule has 4 heterocycles. The second-order valence-corrected chi connectivity index (χ2v) is 9.04. The quantitative estimate of drug-likeness (QED) is 0.570. The molecular weight excluding hydrogens is 452 g/mol. The number of hydrogen-bond acceptors (Lipinski definition) is 7. The van der Waals surface area contributed by atoms with Gasteiger partial charge in [-0.2, -0.15) is 0 Å². The van der Waals surface area contributed by atoms with Crippen LogP contribution in [0.25, 0.3) is 0 Å². The van der Waals surface area contributed by atoms with E-state index in [0.29, 0.717) is 31.0 Å². The normalized spacial score (nSPS) is 17.8. The van der Waals surface area contributed by atoms with Gasteiger partial charge in [-0.25, -0.2) is 4.79 Å². The number of aromatic nitrogens is 2. The molecular formula is C25H30N4O6. The maximum absolute atomic E-state index is 13.2. The van der Waals surface area contributed by atoms with Crippen molar-refractivity contribution in [3.8, 4) is 5.75 Å². The van der Waals surface area contributed by atoms with Gasteiger partial charge in [-0.3, -0.25) is 19.4 Å². The van der Waals surface area contributed by atoms with Gasteiger partial charge in [-0.05, 0) is 26.0 Å². The van der Waals surface area contributed by atoms with Gasteiger partial charge in [0.1, 0.15) is 17.9 Å². The molecule has 0 spiro atoms. The zero-order valence-electron chi connectivity index (χ0n) is 20.2.